The minimum absolute atomic E-state index is 0.0186. The van der Waals surface area contributed by atoms with Gasteiger partial charge in [-0.05, 0) is 32.6 Å². The highest BCUT2D eigenvalue weighted by molar-refractivity contribution is 9.10. The van der Waals surface area contributed by atoms with Crippen LogP contribution in [0, 0.1) is 5.92 Å². The van der Waals surface area contributed by atoms with Gasteiger partial charge in [0.1, 0.15) is 0 Å². The molecule has 0 aromatic carbocycles. The van der Waals surface area contributed by atoms with E-state index in [1.807, 2.05) is 18.7 Å². The number of alkyl halides is 1. The number of halogens is 1. The lowest BCUT2D eigenvalue weighted by Gasteiger charge is -2.35. The second kappa shape index (κ2) is 5.85. The summed E-state index contributed by atoms with van der Waals surface area (Å²) in [5.41, 5.74) is 0. The Labute approximate surface area is 111 Å². The van der Waals surface area contributed by atoms with Crippen molar-refractivity contribution in [2.75, 3.05) is 19.6 Å². The third kappa shape index (κ3) is 4.66. The molecule has 0 spiro atoms. The molecule has 4 nitrogen and oxygen atoms in total. The molecular formula is C12H21BrN2O2. The normalized spacial score (nSPS) is 18.0. The number of nitrogens with zero attached hydrogens (tertiary/aromatic N) is 1. The Hall–Kier alpha value is -0.580. The van der Waals surface area contributed by atoms with E-state index in [2.05, 4.69) is 21.2 Å². The summed E-state index contributed by atoms with van der Waals surface area (Å²) in [5, 5.41) is 2.84. The molecule has 98 valence electrons. The van der Waals surface area contributed by atoms with Crippen LogP contribution < -0.4 is 5.32 Å². The van der Waals surface area contributed by atoms with Crippen LogP contribution >= 0.6 is 15.9 Å². The van der Waals surface area contributed by atoms with Gasteiger partial charge >= 0.3 is 0 Å². The molecular weight excluding hydrogens is 284 g/mol. The number of likely N-dealkylation sites (tertiary alicyclic amines) is 1. The molecule has 0 bridgehead atoms. The van der Waals surface area contributed by atoms with Crippen molar-refractivity contribution in [3.05, 3.63) is 0 Å². The number of carbonyl (C=O) groups excluding carboxylic acids is 2. The van der Waals surface area contributed by atoms with Crippen molar-refractivity contribution >= 4 is 27.7 Å². The molecule has 0 aromatic rings. The zero-order valence-corrected chi connectivity index (χ0v) is 12.3. The van der Waals surface area contributed by atoms with Gasteiger partial charge in [0.15, 0.2) is 0 Å². The molecule has 1 aliphatic rings. The van der Waals surface area contributed by atoms with E-state index in [4.69, 9.17) is 0 Å². The van der Waals surface area contributed by atoms with Crippen LogP contribution in [0.2, 0.25) is 0 Å². The maximum absolute atomic E-state index is 12.0. The monoisotopic (exact) mass is 304 g/mol. The van der Waals surface area contributed by atoms with E-state index < -0.39 is 4.32 Å². The van der Waals surface area contributed by atoms with Crippen LogP contribution in [0.3, 0.4) is 0 Å². The molecule has 2 amide bonds. The molecule has 17 heavy (non-hydrogen) atoms. The molecule has 0 aliphatic carbocycles. The van der Waals surface area contributed by atoms with Crippen LogP contribution in [0.1, 0.15) is 33.6 Å². The van der Waals surface area contributed by atoms with E-state index in [9.17, 15) is 9.59 Å². The van der Waals surface area contributed by atoms with E-state index >= 15 is 0 Å². The van der Waals surface area contributed by atoms with Crippen LogP contribution in [0.25, 0.3) is 0 Å². The molecule has 0 atom stereocenters. The van der Waals surface area contributed by atoms with Gasteiger partial charge in [-0.25, -0.2) is 0 Å². The van der Waals surface area contributed by atoms with Gasteiger partial charge in [0.25, 0.3) is 0 Å². The Kier molecular flexibility index (Phi) is 4.98. The van der Waals surface area contributed by atoms with Gasteiger partial charge in [0.05, 0.1) is 4.32 Å². The minimum Gasteiger partial charge on any atom is -0.356 e. The molecule has 5 heteroatoms. The fourth-order valence-electron chi connectivity index (χ4n) is 2.00. The Morgan fingerprint density at radius 3 is 2.29 bits per heavy atom. The highest BCUT2D eigenvalue weighted by Crippen LogP contribution is 2.23. The van der Waals surface area contributed by atoms with Crippen LogP contribution in [-0.2, 0) is 9.59 Å². The first-order chi connectivity index (χ1) is 7.80. The smallest absolute Gasteiger partial charge is 0.238 e. The molecule has 0 unspecified atom stereocenters. The fourth-order valence-corrected chi connectivity index (χ4v) is 2.26. The molecule has 0 aromatic heterocycles. The molecule has 1 heterocycles. The van der Waals surface area contributed by atoms with Gasteiger partial charge in [0, 0.05) is 26.6 Å². The van der Waals surface area contributed by atoms with Crippen LogP contribution in [0.4, 0.5) is 0 Å². The summed E-state index contributed by atoms with van der Waals surface area (Å²) >= 11 is 3.40. The van der Waals surface area contributed by atoms with Gasteiger partial charge in [-0.1, -0.05) is 15.9 Å². The highest BCUT2D eigenvalue weighted by Gasteiger charge is 2.31. The van der Waals surface area contributed by atoms with E-state index in [0.29, 0.717) is 5.92 Å². The summed E-state index contributed by atoms with van der Waals surface area (Å²) < 4.78 is -0.475. The van der Waals surface area contributed by atoms with Crippen molar-refractivity contribution in [1.29, 1.82) is 0 Å². The van der Waals surface area contributed by atoms with Gasteiger partial charge < -0.3 is 10.2 Å². The maximum Gasteiger partial charge on any atom is 0.238 e. The topological polar surface area (TPSA) is 49.4 Å². The molecule has 1 fully saturated rings. The lowest BCUT2D eigenvalue weighted by atomic mass is 9.96. The first-order valence-corrected chi connectivity index (χ1v) is 6.82. The van der Waals surface area contributed by atoms with E-state index in [0.717, 1.165) is 32.5 Å². The summed E-state index contributed by atoms with van der Waals surface area (Å²) in [7, 11) is 0. The molecule has 1 aliphatic heterocycles. The standard InChI is InChI=1S/C12H21BrN2O2/c1-9(16)14-8-10-4-6-15(7-5-10)11(17)12(2,3)13/h10H,4-8H2,1-3H3,(H,14,16). The Morgan fingerprint density at radius 1 is 1.35 bits per heavy atom. The van der Waals surface area contributed by atoms with Gasteiger partial charge in [-0.15, -0.1) is 0 Å². The number of hydrogen-bond donors (Lipinski definition) is 1. The number of carbonyl (C=O) groups is 2. The first kappa shape index (κ1) is 14.5. The SMILES string of the molecule is CC(=O)NCC1CCN(C(=O)C(C)(C)Br)CC1. The molecule has 1 rings (SSSR count). The molecule has 1 N–H and O–H groups in total. The Morgan fingerprint density at radius 2 is 1.88 bits per heavy atom. The van der Waals surface area contributed by atoms with Gasteiger partial charge in [0.2, 0.25) is 11.8 Å². The lowest BCUT2D eigenvalue weighted by molar-refractivity contribution is -0.134. The average molecular weight is 305 g/mol. The number of hydrogen-bond acceptors (Lipinski definition) is 2. The summed E-state index contributed by atoms with van der Waals surface area (Å²) in [6, 6.07) is 0. The quantitative estimate of drug-likeness (QED) is 0.804. The Balaban J connectivity index is 2.36. The zero-order valence-electron chi connectivity index (χ0n) is 10.8. The van der Waals surface area contributed by atoms with Crippen molar-refractivity contribution in [3.8, 4) is 0 Å². The zero-order chi connectivity index (χ0) is 13.1. The largest absolute Gasteiger partial charge is 0.356 e. The number of amides is 2. The van der Waals surface area contributed by atoms with E-state index in [-0.39, 0.29) is 11.8 Å². The summed E-state index contributed by atoms with van der Waals surface area (Å²) in [5.74, 6) is 0.668. The maximum atomic E-state index is 12.0. The summed E-state index contributed by atoms with van der Waals surface area (Å²) in [6.45, 7) is 7.59. The number of nitrogens with one attached hydrogen (secondary N) is 1. The molecule has 0 saturated carbocycles. The molecule has 1 saturated heterocycles. The van der Waals surface area contributed by atoms with Crippen molar-refractivity contribution in [2.24, 2.45) is 5.92 Å². The minimum atomic E-state index is -0.475. The number of rotatable bonds is 3. The molecule has 0 radical (unpaired) electrons. The predicted molar refractivity (Wildman–Crippen MR) is 71.0 cm³/mol. The highest BCUT2D eigenvalue weighted by atomic mass is 79.9. The fraction of sp³-hybridized carbons (Fsp3) is 0.833. The third-order valence-corrected chi connectivity index (χ3v) is 3.39. The lowest BCUT2D eigenvalue weighted by Crippen LogP contribution is -2.47. The van der Waals surface area contributed by atoms with E-state index in [1.165, 1.54) is 6.92 Å². The predicted octanol–water partition coefficient (Wildman–Crippen LogP) is 1.53. The van der Waals surface area contributed by atoms with Crippen molar-refractivity contribution in [1.82, 2.24) is 10.2 Å². The average Bonchev–Trinajstić information content (AvgIpc) is 2.25. The Bertz CT molecular complexity index is 291. The summed E-state index contributed by atoms with van der Waals surface area (Å²) in [4.78, 5) is 24.7. The third-order valence-electron chi connectivity index (χ3n) is 3.05. The summed E-state index contributed by atoms with van der Waals surface area (Å²) in [6.07, 6.45) is 1.93. The van der Waals surface area contributed by atoms with Crippen molar-refractivity contribution in [3.63, 3.8) is 0 Å². The van der Waals surface area contributed by atoms with Crippen molar-refractivity contribution < 1.29 is 9.59 Å². The van der Waals surface area contributed by atoms with Gasteiger partial charge in [-0.2, -0.15) is 0 Å². The van der Waals surface area contributed by atoms with Crippen LogP contribution in [0.15, 0.2) is 0 Å². The van der Waals surface area contributed by atoms with Crippen LogP contribution in [-0.4, -0.2) is 40.7 Å². The van der Waals surface area contributed by atoms with E-state index in [1.54, 1.807) is 0 Å². The second-order valence-electron chi connectivity index (χ2n) is 5.15. The second-order valence-corrected chi connectivity index (χ2v) is 7.13. The van der Waals surface area contributed by atoms with Gasteiger partial charge in [-0.3, -0.25) is 9.59 Å². The number of piperidine rings is 1. The van der Waals surface area contributed by atoms with Crippen LogP contribution in [0.5, 0.6) is 0 Å². The van der Waals surface area contributed by atoms with Crippen molar-refractivity contribution in [2.45, 2.75) is 37.9 Å². The first-order valence-electron chi connectivity index (χ1n) is 6.03.